The summed E-state index contributed by atoms with van der Waals surface area (Å²) >= 11 is 1.37. The first kappa shape index (κ1) is 14.9. The predicted molar refractivity (Wildman–Crippen MR) is 73.8 cm³/mol. The minimum atomic E-state index is -3.80. The van der Waals surface area contributed by atoms with Gasteiger partial charge in [0.2, 0.25) is 10.0 Å². The molecule has 0 aliphatic heterocycles. The normalized spacial score (nSPS) is 11.6. The lowest BCUT2D eigenvalue weighted by Gasteiger charge is -2.11. The number of hydrogen-bond donors (Lipinski definition) is 1. The quantitative estimate of drug-likeness (QED) is 0.917. The van der Waals surface area contributed by atoms with Crippen LogP contribution in [-0.4, -0.2) is 20.5 Å². The Kier molecular flexibility index (Phi) is 4.36. The second-order valence-corrected chi connectivity index (χ2v) is 6.46. The van der Waals surface area contributed by atoms with Crippen molar-refractivity contribution in [3.05, 3.63) is 40.1 Å². The Labute approximate surface area is 120 Å². The van der Waals surface area contributed by atoms with E-state index in [-0.39, 0.29) is 22.8 Å². The van der Waals surface area contributed by atoms with Crippen LogP contribution in [-0.2, 0) is 16.6 Å². The van der Waals surface area contributed by atoms with Crippen LogP contribution in [0.25, 0.3) is 0 Å². The molecule has 0 radical (unpaired) electrons. The predicted octanol–water partition coefficient (Wildman–Crippen LogP) is 2.08. The Hall–Kier alpha value is -1.51. The van der Waals surface area contributed by atoms with Gasteiger partial charge in [0.05, 0.1) is 29.8 Å². The summed E-state index contributed by atoms with van der Waals surface area (Å²) in [5, 5.41) is 1.74. The summed E-state index contributed by atoms with van der Waals surface area (Å²) < 4.78 is 45.4. The topological polar surface area (TPSA) is 68.3 Å². The highest BCUT2D eigenvalue weighted by Crippen LogP contribution is 2.25. The fourth-order valence-corrected chi connectivity index (χ4v) is 3.45. The number of hydrogen-bond acceptors (Lipinski definition) is 5. The highest BCUT2D eigenvalue weighted by Gasteiger charge is 2.21. The van der Waals surface area contributed by atoms with Gasteiger partial charge in [0.25, 0.3) is 0 Å². The molecule has 108 valence electrons. The number of halogens is 1. The van der Waals surface area contributed by atoms with Crippen molar-refractivity contribution in [2.24, 2.45) is 0 Å². The molecule has 8 heteroatoms. The van der Waals surface area contributed by atoms with Crippen LogP contribution < -0.4 is 9.46 Å². The van der Waals surface area contributed by atoms with E-state index < -0.39 is 15.8 Å². The van der Waals surface area contributed by atoms with E-state index in [4.69, 9.17) is 4.74 Å². The van der Waals surface area contributed by atoms with Crippen molar-refractivity contribution in [1.29, 1.82) is 0 Å². The van der Waals surface area contributed by atoms with Crippen LogP contribution in [0.4, 0.5) is 4.39 Å². The summed E-state index contributed by atoms with van der Waals surface area (Å²) in [7, 11) is -2.47. The molecule has 0 saturated heterocycles. The van der Waals surface area contributed by atoms with Gasteiger partial charge in [-0.3, -0.25) is 0 Å². The molecule has 0 unspecified atom stereocenters. The van der Waals surface area contributed by atoms with E-state index in [2.05, 4.69) is 9.71 Å². The van der Waals surface area contributed by atoms with Crippen molar-refractivity contribution in [3.8, 4) is 5.75 Å². The zero-order chi connectivity index (χ0) is 14.8. The van der Waals surface area contributed by atoms with E-state index in [0.717, 1.165) is 0 Å². The molecule has 0 amide bonds. The largest absolute Gasteiger partial charge is 0.494 e. The highest BCUT2D eigenvalue weighted by molar-refractivity contribution is 7.89. The number of thiazole rings is 1. The van der Waals surface area contributed by atoms with Gasteiger partial charge in [-0.2, -0.15) is 0 Å². The van der Waals surface area contributed by atoms with Gasteiger partial charge < -0.3 is 4.74 Å². The van der Waals surface area contributed by atoms with Gasteiger partial charge in [-0.05, 0) is 19.1 Å². The van der Waals surface area contributed by atoms with E-state index in [1.165, 1.54) is 37.5 Å². The molecule has 0 aliphatic rings. The Morgan fingerprint density at radius 1 is 1.45 bits per heavy atom. The molecular formula is C12H13FN2O3S2. The summed E-state index contributed by atoms with van der Waals surface area (Å²) in [6.45, 7) is 1.47. The van der Waals surface area contributed by atoms with Crippen LogP contribution in [0.3, 0.4) is 0 Å². The molecular weight excluding hydrogens is 303 g/mol. The molecule has 0 fully saturated rings. The zero-order valence-corrected chi connectivity index (χ0v) is 12.5. The van der Waals surface area contributed by atoms with Crippen LogP contribution in [0.15, 0.2) is 27.9 Å². The summed E-state index contributed by atoms with van der Waals surface area (Å²) in [6, 6.07) is 2.61. The molecule has 2 rings (SSSR count). The number of nitrogens with one attached hydrogen (secondary N) is 1. The van der Waals surface area contributed by atoms with Crippen molar-refractivity contribution < 1.29 is 17.5 Å². The van der Waals surface area contributed by atoms with Crippen LogP contribution in [0.1, 0.15) is 11.3 Å². The molecule has 1 aromatic carbocycles. The molecule has 0 bridgehead atoms. The van der Waals surface area contributed by atoms with Crippen molar-refractivity contribution in [1.82, 2.24) is 9.71 Å². The second-order valence-electron chi connectivity index (χ2n) is 4.01. The Balaban J connectivity index is 2.28. The third-order valence-electron chi connectivity index (χ3n) is 2.74. The Morgan fingerprint density at radius 3 is 2.80 bits per heavy atom. The molecule has 1 heterocycles. The minimum Gasteiger partial charge on any atom is -0.494 e. The maximum Gasteiger partial charge on any atom is 0.241 e. The smallest absolute Gasteiger partial charge is 0.241 e. The van der Waals surface area contributed by atoms with Gasteiger partial charge in [0.15, 0.2) is 11.6 Å². The minimum absolute atomic E-state index is 0.0148. The van der Waals surface area contributed by atoms with Gasteiger partial charge in [0.1, 0.15) is 0 Å². The highest BCUT2D eigenvalue weighted by atomic mass is 32.2. The number of sulfonamides is 1. The molecule has 1 aromatic heterocycles. The number of ether oxygens (including phenoxy) is 1. The lowest BCUT2D eigenvalue weighted by Crippen LogP contribution is -2.24. The summed E-state index contributed by atoms with van der Waals surface area (Å²) in [5.41, 5.74) is 2.25. The average Bonchev–Trinajstić information content (AvgIpc) is 2.92. The van der Waals surface area contributed by atoms with Crippen molar-refractivity contribution in [2.75, 3.05) is 7.11 Å². The fourth-order valence-electron chi connectivity index (χ4n) is 1.66. The first-order chi connectivity index (χ1) is 9.45. The lowest BCUT2D eigenvalue weighted by molar-refractivity contribution is 0.384. The van der Waals surface area contributed by atoms with E-state index >= 15 is 0 Å². The van der Waals surface area contributed by atoms with E-state index in [1.807, 2.05) is 0 Å². The Morgan fingerprint density at radius 2 is 2.20 bits per heavy atom. The van der Waals surface area contributed by atoms with Crippen molar-refractivity contribution in [2.45, 2.75) is 18.4 Å². The molecule has 0 saturated carbocycles. The standard InChI is InChI=1S/C12H13FN2O3S2/c1-8-11(4-3-10(18-2)12(8)13)20(16,17)15-5-9-6-19-7-14-9/h3-4,6-7,15H,5H2,1-2H3. The lowest BCUT2D eigenvalue weighted by atomic mass is 10.2. The van der Waals surface area contributed by atoms with Gasteiger partial charge >= 0.3 is 0 Å². The maximum atomic E-state index is 13.9. The molecule has 1 N–H and O–H groups in total. The number of nitrogens with zero attached hydrogens (tertiary/aromatic N) is 1. The second kappa shape index (κ2) is 5.86. The van der Waals surface area contributed by atoms with E-state index in [9.17, 15) is 12.8 Å². The zero-order valence-electron chi connectivity index (χ0n) is 10.9. The number of methoxy groups -OCH3 is 1. The first-order valence-electron chi connectivity index (χ1n) is 5.65. The maximum absolute atomic E-state index is 13.9. The first-order valence-corrected chi connectivity index (χ1v) is 8.08. The average molecular weight is 316 g/mol. The number of benzene rings is 1. The molecule has 0 spiro atoms. The van der Waals surface area contributed by atoms with Gasteiger partial charge in [0, 0.05) is 10.9 Å². The van der Waals surface area contributed by atoms with Gasteiger partial charge in [-0.1, -0.05) is 0 Å². The van der Waals surface area contributed by atoms with Gasteiger partial charge in [-0.25, -0.2) is 22.5 Å². The molecule has 0 aliphatic carbocycles. The molecule has 5 nitrogen and oxygen atoms in total. The molecule has 20 heavy (non-hydrogen) atoms. The monoisotopic (exact) mass is 316 g/mol. The summed E-state index contributed by atoms with van der Waals surface area (Å²) in [6.07, 6.45) is 0. The summed E-state index contributed by atoms with van der Waals surface area (Å²) in [5.74, 6) is -0.662. The Bertz CT molecular complexity index is 700. The van der Waals surface area contributed by atoms with Crippen molar-refractivity contribution >= 4 is 21.4 Å². The molecule has 2 aromatic rings. The van der Waals surface area contributed by atoms with Crippen LogP contribution >= 0.6 is 11.3 Å². The van der Waals surface area contributed by atoms with Crippen LogP contribution in [0.5, 0.6) is 5.75 Å². The van der Waals surface area contributed by atoms with E-state index in [1.54, 1.807) is 10.9 Å². The SMILES string of the molecule is COc1ccc(S(=O)(=O)NCc2cscn2)c(C)c1F. The fraction of sp³-hybridized carbons (Fsp3) is 0.250. The summed E-state index contributed by atoms with van der Waals surface area (Å²) in [4.78, 5) is 3.87. The van der Waals surface area contributed by atoms with Crippen molar-refractivity contribution in [3.63, 3.8) is 0 Å². The van der Waals surface area contributed by atoms with Crippen LogP contribution in [0.2, 0.25) is 0 Å². The number of rotatable bonds is 5. The van der Waals surface area contributed by atoms with Crippen LogP contribution in [0, 0.1) is 12.7 Å². The number of aromatic nitrogens is 1. The third-order valence-corrected chi connectivity index (χ3v) is 4.92. The molecule has 0 atom stereocenters. The third kappa shape index (κ3) is 2.97. The van der Waals surface area contributed by atoms with Gasteiger partial charge in [-0.15, -0.1) is 11.3 Å². The van der Waals surface area contributed by atoms with E-state index in [0.29, 0.717) is 5.69 Å².